The Bertz CT molecular complexity index is 268. The molecule has 20 heavy (non-hydrogen) atoms. The van der Waals surface area contributed by atoms with E-state index in [0.29, 0.717) is 0 Å². The van der Waals surface area contributed by atoms with Crippen molar-refractivity contribution < 1.29 is 40.2 Å². The van der Waals surface area contributed by atoms with Gasteiger partial charge in [0.1, 0.15) is 5.60 Å². The van der Waals surface area contributed by atoms with Crippen LogP contribution in [0.5, 0.6) is 0 Å². The summed E-state index contributed by atoms with van der Waals surface area (Å²) in [6, 6.07) is 0. The zero-order valence-corrected chi connectivity index (χ0v) is 12.0. The van der Waals surface area contributed by atoms with Gasteiger partial charge in [-0.2, -0.15) is 0 Å². The van der Waals surface area contributed by atoms with Gasteiger partial charge in [0.15, 0.2) is 0 Å². The Morgan fingerprint density at radius 3 is 1.35 bits per heavy atom. The first-order valence-corrected chi connectivity index (χ1v) is 6.15. The molecule has 0 aromatic rings. The van der Waals surface area contributed by atoms with E-state index in [1.54, 1.807) is 0 Å². The monoisotopic (exact) mass is 296 g/mol. The van der Waals surface area contributed by atoms with Crippen LogP contribution in [0, 0.1) is 5.41 Å². The van der Waals surface area contributed by atoms with Gasteiger partial charge >= 0.3 is 12.3 Å². The van der Waals surface area contributed by atoms with Crippen LogP contribution in [0.15, 0.2) is 0 Å². The van der Waals surface area contributed by atoms with Crippen molar-refractivity contribution in [3.05, 3.63) is 0 Å². The van der Waals surface area contributed by atoms with E-state index >= 15 is 0 Å². The third-order valence-electron chi connectivity index (χ3n) is 3.20. The number of hydrogen-bond donors (Lipinski definition) is 5. The highest BCUT2D eigenvalue weighted by molar-refractivity contribution is 5.53. The molecule has 0 bridgehead atoms. The van der Waals surface area contributed by atoms with Crippen LogP contribution in [-0.4, -0.2) is 43.6 Å². The largest absolute Gasteiger partial charge is 0.503 e. The summed E-state index contributed by atoms with van der Waals surface area (Å²) < 4.78 is 0. The first-order chi connectivity index (χ1) is 8.98. The summed E-state index contributed by atoms with van der Waals surface area (Å²) >= 11 is 0. The van der Waals surface area contributed by atoms with Crippen LogP contribution in [0.2, 0.25) is 0 Å². The van der Waals surface area contributed by atoms with E-state index in [1.165, 1.54) is 19.3 Å². The van der Waals surface area contributed by atoms with Gasteiger partial charge in [0.2, 0.25) is 0 Å². The van der Waals surface area contributed by atoms with Gasteiger partial charge in [0.25, 0.3) is 0 Å². The van der Waals surface area contributed by atoms with E-state index in [2.05, 4.69) is 20.8 Å². The molecule has 0 aromatic carbocycles. The minimum atomic E-state index is -1.83. The maximum atomic E-state index is 8.98. The molecule has 5 N–H and O–H groups in total. The van der Waals surface area contributed by atoms with E-state index in [-0.39, 0.29) is 11.0 Å². The Morgan fingerprint density at radius 1 is 0.900 bits per heavy atom. The average Bonchev–Trinajstić information content (AvgIpc) is 2.27. The average molecular weight is 296 g/mol. The fraction of sp³-hybridized carbons (Fsp3) is 0.833. The van der Waals surface area contributed by atoms with E-state index in [0.717, 1.165) is 12.8 Å². The first-order valence-electron chi connectivity index (χ1n) is 6.15. The number of rotatable bonds is 1. The number of carboxylic acid groups (broad SMARTS) is 4. The van der Waals surface area contributed by atoms with Crippen LogP contribution in [0.25, 0.3) is 0 Å². The molecule has 0 unspecified atom stereocenters. The van der Waals surface area contributed by atoms with Gasteiger partial charge in [-0.05, 0) is 18.3 Å². The van der Waals surface area contributed by atoms with Crippen molar-refractivity contribution in [2.24, 2.45) is 5.41 Å². The van der Waals surface area contributed by atoms with Crippen molar-refractivity contribution in [3.8, 4) is 0 Å². The van der Waals surface area contributed by atoms with Gasteiger partial charge in [0, 0.05) is 0 Å². The normalized spacial score (nSPS) is 16.8. The Labute approximate surface area is 117 Å². The number of carbonyl (C=O) groups is 2. The number of hydrogen-bond acceptors (Lipinski definition) is 4. The summed E-state index contributed by atoms with van der Waals surface area (Å²) in [6.45, 7) is 6.40. The molecule has 1 saturated carbocycles. The molecule has 0 saturated heterocycles. The van der Waals surface area contributed by atoms with E-state index in [1.807, 2.05) is 0 Å². The molecule has 0 amide bonds. The Kier molecular flexibility index (Phi) is 9.74. The Morgan fingerprint density at radius 2 is 1.20 bits per heavy atom. The molecule has 1 aliphatic carbocycles. The van der Waals surface area contributed by atoms with Crippen molar-refractivity contribution in [1.82, 2.24) is 0 Å². The second-order valence-corrected chi connectivity index (χ2v) is 5.46. The molecule has 120 valence electrons. The molecule has 0 heterocycles. The fourth-order valence-corrected chi connectivity index (χ4v) is 2.10. The van der Waals surface area contributed by atoms with Crippen LogP contribution >= 0.6 is 0 Å². The predicted octanol–water partition coefficient (Wildman–Crippen LogP) is 3.67. The van der Waals surface area contributed by atoms with Crippen molar-refractivity contribution in [3.63, 3.8) is 0 Å². The molecular formula is C12H24O8. The lowest BCUT2D eigenvalue weighted by atomic mass is 9.68. The van der Waals surface area contributed by atoms with Gasteiger partial charge < -0.3 is 20.4 Å². The van der Waals surface area contributed by atoms with Crippen LogP contribution < -0.4 is 0 Å². The summed E-state index contributed by atoms with van der Waals surface area (Å²) in [5.74, 6) is 0. The Hall–Kier alpha value is -1.54. The highest BCUT2D eigenvalue weighted by atomic mass is 17.1. The zero-order chi connectivity index (χ0) is 16.4. The summed E-state index contributed by atoms with van der Waals surface area (Å²) in [5, 5.41) is 36.9. The third kappa shape index (κ3) is 9.40. The molecular weight excluding hydrogens is 272 g/mol. The molecule has 0 aliphatic heterocycles. The quantitative estimate of drug-likeness (QED) is 0.364. The summed E-state index contributed by atoms with van der Waals surface area (Å²) in [6.07, 6.45) is 1.96. The molecule has 1 fully saturated rings. The third-order valence-corrected chi connectivity index (χ3v) is 3.20. The maximum Gasteiger partial charge on any atom is 0.503 e. The lowest BCUT2D eigenvalue weighted by Crippen LogP contribution is -2.46. The molecule has 1 aliphatic rings. The highest BCUT2D eigenvalue weighted by Gasteiger charge is 2.44. The first kappa shape index (κ1) is 20.8. The van der Waals surface area contributed by atoms with Crippen molar-refractivity contribution in [2.45, 2.75) is 58.5 Å². The minimum absolute atomic E-state index is 0.0438. The van der Waals surface area contributed by atoms with Crippen molar-refractivity contribution in [2.75, 3.05) is 0 Å². The maximum absolute atomic E-state index is 8.98. The van der Waals surface area contributed by atoms with Crippen LogP contribution in [0.1, 0.15) is 52.9 Å². The van der Waals surface area contributed by atoms with Crippen molar-refractivity contribution >= 4 is 12.3 Å². The summed E-state index contributed by atoms with van der Waals surface area (Å²) in [5.41, 5.74) is -0.243. The van der Waals surface area contributed by atoms with E-state index in [4.69, 9.17) is 40.2 Å². The van der Waals surface area contributed by atoms with Crippen LogP contribution in [0.4, 0.5) is 9.59 Å². The smallest absolute Gasteiger partial charge is 0.450 e. The van der Waals surface area contributed by atoms with Gasteiger partial charge in [-0.25, -0.2) is 14.5 Å². The summed E-state index contributed by atoms with van der Waals surface area (Å²) in [4.78, 5) is 21.9. The summed E-state index contributed by atoms with van der Waals surface area (Å²) in [7, 11) is 0. The van der Waals surface area contributed by atoms with Gasteiger partial charge in [-0.1, -0.05) is 40.0 Å². The van der Waals surface area contributed by atoms with Gasteiger partial charge in [0.05, 0.1) is 0 Å². The van der Waals surface area contributed by atoms with Gasteiger partial charge in [-0.15, -0.1) is 0 Å². The Balaban J connectivity index is 0. The topological polar surface area (TPSA) is 145 Å². The van der Waals surface area contributed by atoms with Crippen LogP contribution in [-0.2, 0) is 4.89 Å². The molecule has 8 nitrogen and oxygen atoms in total. The molecule has 0 atom stereocenters. The molecule has 8 heteroatoms. The minimum Gasteiger partial charge on any atom is -0.450 e. The lowest BCUT2D eigenvalue weighted by Gasteiger charge is -2.44. The molecule has 0 aromatic heterocycles. The molecule has 1 rings (SSSR count). The van der Waals surface area contributed by atoms with Crippen molar-refractivity contribution in [1.29, 1.82) is 0 Å². The van der Waals surface area contributed by atoms with E-state index in [9.17, 15) is 0 Å². The second kappa shape index (κ2) is 9.38. The zero-order valence-electron chi connectivity index (χ0n) is 12.0. The second-order valence-electron chi connectivity index (χ2n) is 5.46. The molecule has 0 spiro atoms. The van der Waals surface area contributed by atoms with E-state index < -0.39 is 12.3 Å². The predicted molar refractivity (Wildman–Crippen MR) is 70.3 cm³/mol. The lowest BCUT2D eigenvalue weighted by molar-refractivity contribution is -0.356. The SMILES string of the molecule is CC(C)(C)C1(OO)CCCCC1.O=C(O)O.O=C(O)O. The van der Waals surface area contributed by atoms with Gasteiger partial charge in [-0.3, -0.25) is 5.26 Å². The molecule has 0 radical (unpaired) electrons. The highest BCUT2D eigenvalue weighted by Crippen LogP contribution is 2.44. The standard InChI is InChI=1S/C10H20O2.2CH2O3/c1-9(2,3)10(12-11)7-5-4-6-8-10;2*2-1(3)4/h11H,4-8H2,1-3H3;2*(H2,2,3,4). The fourth-order valence-electron chi connectivity index (χ4n) is 2.10. The van der Waals surface area contributed by atoms with Crippen LogP contribution in [0.3, 0.4) is 0 Å².